The van der Waals surface area contributed by atoms with Crippen LogP contribution in [0, 0.1) is 0 Å². The highest BCUT2D eigenvalue weighted by Crippen LogP contribution is 2.13. The molecule has 1 aliphatic heterocycles. The quantitative estimate of drug-likeness (QED) is 0.376. The summed E-state index contributed by atoms with van der Waals surface area (Å²) in [6.07, 6.45) is -4.34. The molecular weight excluding hydrogens is 152 g/mol. The molecule has 5 nitrogen and oxygen atoms in total. The average molecular weight is 162 g/mol. The van der Waals surface area contributed by atoms with Gasteiger partial charge in [-0.2, -0.15) is 0 Å². The molecule has 4 atom stereocenters. The van der Waals surface area contributed by atoms with Crippen LogP contribution in [0.4, 0.5) is 0 Å². The smallest absolute Gasteiger partial charge is 0.151 e. The number of aldehydes is 1. The van der Waals surface area contributed by atoms with Gasteiger partial charge in [0.1, 0.15) is 24.4 Å². The average Bonchev–Trinajstić information content (AvgIpc) is 2.01. The Balaban J connectivity index is 2.58. The fraction of sp³-hybridized carbons (Fsp3) is 0.833. The molecule has 0 aliphatic carbocycles. The molecular formula is C6H10O5. The summed E-state index contributed by atoms with van der Waals surface area (Å²) in [5.41, 5.74) is 0. The molecule has 0 radical (unpaired) electrons. The molecule has 1 aliphatic rings. The second-order valence-electron chi connectivity index (χ2n) is 2.48. The van der Waals surface area contributed by atoms with Crippen molar-refractivity contribution in [2.75, 3.05) is 6.61 Å². The van der Waals surface area contributed by atoms with E-state index >= 15 is 0 Å². The van der Waals surface area contributed by atoms with Crippen LogP contribution in [0.2, 0.25) is 0 Å². The molecule has 0 spiro atoms. The molecule has 1 fully saturated rings. The zero-order valence-electron chi connectivity index (χ0n) is 5.75. The van der Waals surface area contributed by atoms with Crippen molar-refractivity contribution < 1.29 is 24.9 Å². The second-order valence-corrected chi connectivity index (χ2v) is 2.48. The third-order valence-corrected chi connectivity index (χ3v) is 1.67. The fourth-order valence-electron chi connectivity index (χ4n) is 0.949. The highest BCUT2D eigenvalue weighted by atomic mass is 16.5. The first kappa shape index (κ1) is 8.61. The van der Waals surface area contributed by atoms with Crippen LogP contribution >= 0.6 is 0 Å². The molecule has 1 heterocycles. The minimum absolute atomic E-state index is 0.123. The molecule has 0 bridgehead atoms. The van der Waals surface area contributed by atoms with Gasteiger partial charge in [-0.05, 0) is 0 Å². The lowest BCUT2D eigenvalue weighted by Crippen LogP contribution is -2.53. The lowest BCUT2D eigenvalue weighted by atomic mass is 10.0. The lowest BCUT2D eigenvalue weighted by molar-refractivity contribution is -0.184. The zero-order valence-corrected chi connectivity index (χ0v) is 5.75. The Morgan fingerprint density at radius 3 is 2.45 bits per heavy atom. The fourth-order valence-corrected chi connectivity index (χ4v) is 0.949. The van der Waals surface area contributed by atoms with Crippen LogP contribution in [0.15, 0.2) is 0 Å². The van der Waals surface area contributed by atoms with E-state index in [1.165, 1.54) is 0 Å². The first-order valence-corrected chi connectivity index (χ1v) is 3.28. The number of aliphatic hydroxyl groups is 3. The Hall–Kier alpha value is -0.490. The van der Waals surface area contributed by atoms with Crippen LogP contribution < -0.4 is 0 Å². The van der Waals surface area contributed by atoms with Gasteiger partial charge in [-0.1, -0.05) is 0 Å². The molecule has 11 heavy (non-hydrogen) atoms. The van der Waals surface area contributed by atoms with Gasteiger partial charge in [-0.3, -0.25) is 0 Å². The van der Waals surface area contributed by atoms with Gasteiger partial charge in [0, 0.05) is 0 Å². The molecule has 1 rings (SSSR count). The van der Waals surface area contributed by atoms with Crippen LogP contribution in [0.1, 0.15) is 0 Å². The standard InChI is InChI=1S/C6H10O5/c7-1-4-6(10)5(9)3(8)2-11-4/h1,3-6,8-10H,2H2/t3-,4+,5-,6-/m1/s1. The van der Waals surface area contributed by atoms with Gasteiger partial charge in [0.05, 0.1) is 6.61 Å². The molecule has 0 aromatic rings. The van der Waals surface area contributed by atoms with Crippen LogP contribution in [0.25, 0.3) is 0 Å². The third kappa shape index (κ3) is 1.57. The van der Waals surface area contributed by atoms with Crippen molar-refractivity contribution in [2.24, 2.45) is 0 Å². The minimum atomic E-state index is -1.32. The van der Waals surface area contributed by atoms with Crippen LogP contribution in [0.3, 0.4) is 0 Å². The Morgan fingerprint density at radius 1 is 1.27 bits per heavy atom. The molecule has 0 amide bonds. The summed E-state index contributed by atoms with van der Waals surface area (Å²) in [4.78, 5) is 10.1. The lowest BCUT2D eigenvalue weighted by Gasteiger charge is -2.32. The van der Waals surface area contributed by atoms with Crippen LogP contribution in [0.5, 0.6) is 0 Å². The first-order valence-electron chi connectivity index (χ1n) is 3.28. The first-order chi connectivity index (χ1) is 5.16. The van der Waals surface area contributed by atoms with Gasteiger partial charge >= 0.3 is 0 Å². The van der Waals surface area contributed by atoms with Gasteiger partial charge in [0.25, 0.3) is 0 Å². The summed E-state index contributed by atoms with van der Waals surface area (Å²) in [7, 11) is 0. The van der Waals surface area contributed by atoms with Crippen molar-refractivity contribution in [2.45, 2.75) is 24.4 Å². The SMILES string of the molecule is O=C[C@@H]1OC[C@@H](O)[C@@H](O)[C@@H]1O. The molecule has 0 saturated carbocycles. The topological polar surface area (TPSA) is 87.0 Å². The highest BCUT2D eigenvalue weighted by Gasteiger charge is 2.36. The molecule has 3 N–H and O–H groups in total. The maximum atomic E-state index is 10.1. The van der Waals surface area contributed by atoms with E-state index in [4.69, 9.17) is 20.1 Å². The Morgan fingerprint density at radius 2 is 1.91 bits per heavy atom. The van der Waals surface area contributed by atoms with E-state index in [0.717, 1.165) is 0 Å². The minimum Gasteiger partial charge on any atom is -0.388 e. The molecule has 0 aromatic carbocycles. The maximum Gasteiger partial charge on any atom is 0.151 e. The van der Waals surface area contributed by atoms with Crippen molar-refractivity contribution >= 4 is 6.29 Å². The summed E-state index contributed by atoms with van der Waals surface area (Å²) < 4.78 is 4.69. The monoisotopic (exact) mass is 162 g/mol. The van der Waals surface area contributed by atoms with E-state index in [1.54, 1.807) is 0 Å². The third-order valence-electron chi connectivity index (χ3n) is 1.67. The number of hydrogen-bond donors (Lipinski definition) is 3. The Labute approximate surface area is 63.2 Å². The van der Waals surface area contributed by atoms with Gasteiger partial charge in [-0.25, -0.2) is 0 Å². The van der Waals surface area contributed by atoms with E-state index in [1.807, 2.05) is 0 Å². The van der Waals surface area contributed by atoms with Crippen LogP contribution in [-0.2, 0) is 9.53 Å². The molecule has 0 aromatic heterocycles. The highest BCUT2D eigenvalue weighted by molar-refractivity contribution is 5.57. The summed E-state index contributed by atoms with van der Waals surface area (Å²) in [5, 5.41) is 27.0. The molecule has 0 unspecified atom stereocenters. The van der Waals surface area contributed by atoms with E-state index < -0.39 is 24.4 Å². The predicted octanol–water partition coefficient (Wildman–Crippen LogP) is -2.33. The van der Waals surface area contributed by atoms with Crippen molar-refractivity contribution in [1.82, 2.24) is 0 Å². The van der Waals surface area contributed by atoms with Gasteiger partial charge in [0.15, 0.2) is 6.29 Å². The predicted molar refractivity (Wildman–Crippen MR) is 33.8 cm³/mol. The van der Waals surface area contributed by atoms with Crippen molar-refractivity contribution in [3.8, 4) is 0 Å². The summed E-state index contributed by atoms with van der Waals surface area (Å²) in [6, 6.07) is 0. The second kappa shape index (κ2) is 3.27. The number of carbonyl (C=O) groups excluding carboxylic acids is 1. The van der Waals surface area contributed by atoms with E-state index in [0.29, 0.717) is 6.29 Å². The molecule has 64 valence electrons. The maximum absolute atomic E-state index is 10.1. The number of hydrogen-bond acceptors (Lipinski definition) is 5. The normalized spacial score (nSPS) is 45.4. The molecule has 5 heteroatoms. The van der Waals surface area contributed by atoms with Gasteiger partial charge < -0.3 is 24.9 Å². The van der Waals surface area contributed by atoms with E-state index in [2.05, 4.69) is 0 Å². The molecule has 1 saturated heterocycles. The number of carbonyl (C=O) groups is 1. The Kier molecular flexibility index (Phi) is 2.56. The van der Waals surface area contributed by atoms with Crippen molar-refractivity contribution in [3.63, 3.8) is 0 Å². The largest absolute Gasteiger partial charge is 0.388 e. The Bertz CT molecular complexity index is 148. The number of ether oxygens (including phenoxy) is 1. The zero-order chi connectivity index (χ0) is 8.43. The van der Waals surface area contributed by atoms with E-state index in [-0.39, 0.29) is 6.61 Å². The van der Waals surface area contributed by atoms with Gasteiger partial charge in [0.2, 0.25) is 0 Å². The van der Waals surface area contributed by atoms with Crippen LogP contribution in [-0.4, -0.2) is 52.6 Å². The summed E-state index contributed by atoms with van der Waals surface area (Å²) in [6.45, 7) is -0.123. The van der Waals surface area contributed by atoms with E-state index in [9.17, 15) is 4.79 Å². The van der Waals surface area contributed by atoms with Crippen molar-refractivity contribution in [1.29, 1.82) is 0 Å². The van der Waals surface area contributed by atoms with Gasteiger partial charge in [-0.15, -0.1) is 0 Å². The van der Waals surface area contributed by atoms with Crippen molar-refractivity contribution in [3.05, 3.63) is 0 Å². The number of rotatable bonds is 1. The summed E-state index contributed by atoms with van der Waals surface area (Å²) in [5.74, 6) is 0. The number of aliphatic hydroxyl groups excluding tert-OH is 3. The summed E-state index contributed by atoms with van der Waals surface area (Å²) >= 11 is 0.